The molecule has 0 fully saturated rings. The van der Waals surface area contributed by atoms with Crippen molar-refractivity contribution in [1.82, 2.24) is 0 Å². The number of benzene rings is 2. The number of halogens is 2. The minimum atomic E-state index is -0.416. The molecule has 3 nitrogen and oxygen atoms in total. The summed E-state index contributed by atoms with van der Waals surface area (Å²) < 4.78 is 13.1. The molecule has 0 aromatic heterocycles. The van der Waals surface area contributed by atoms with E-state index in [1.54, 1.807) is 6.07 Å². The molecule has 0 aliphatic rings. The lowest BCUT2D eigenvalue weighted by atomic mass is 10.2. The maximum Gasteiger partial charge on any atom is 0.258 e. The molecule has 2 aromatic carbocycles. The predicted octanol–water partition coefficient (Wildman–Crippen LogP) is 3.46. The summed E-state index contributed by atoms with van der Waals surface area (Å²) >= 11 is 5.75. The van der Waals surface area contributed by atoms with Gasteiger partial charge in [0.25, 0.3) is 5.91 Å². The Morgan fingerprint density at radius 1 is 1.26 bits per heavy atom. The molecule has 0 aliphatic carbocycles. The molecular weight excluding hydrogens is 269 g/mol. The lowest BCUT2D eigenvalue weighted by Gasteiger charge is -2.17. The molecule has 2 aromatic rings. The third-order valence-electron chi connectivity index (χ3n) is 2.69. The minimum Gasteiger partial charge on any atom is -0.506 e. The van der Waals surface area contributed by atoms with Gasteiger partial charge in [-0.25, -0.2) is 4.39 Å². The third-order valence-corrected chi connectivity index (χ3v) is 3.00. The van der Waals surface area contributed by atoms with Crippen LogP contribution in [0, 0.1) is 5.82 Å². The summed E-state index contributed by atoms with van der Waals surface area (Å²) in [5.74, 6) is -0.847. The van der Waals surface area contributed by atoms with Gasteiger partial charge < -0.3 is 10.0 Å². The summed E-state index contributed by atoms with van der Waals surface area (Å²) in [6.07, 6.45) is 0. The number of aromatic hydroxyl groups is 1. The van der Waals surface area contributed by atoms with Crippen molar-refractivity contribution in [3.63, 3.8) is 0 Å². The van der Waals surface area contributed by atoms with Gasteiger partial charge in [-0.2, -0.15) is 0 Å². The number of carbonyl (C=O) groups excluding carboxylic acids is 1. The van der Waals surface area contributed by atoms with Gasteiger partial charge in [0.05, 0.1) is 5.02 Å². The number of amides is 1. The fraction of sp³-hybridized carbons (Fsp3) is 0.0714. The van der Waals surface area contributed by atoms with E-state index in [9.17, 15) is 14.3 Å². The van der Waals surface area contributed by atoms with Gasteiger partial charge >= 0.3 is 0 Å². The highest BCUT2D eigenvalue weighted by Gasteiger charge is 2.15. The topological polar surface area (TPSA) is 40.5 Å². The summed E-state index contributed by atoms with van der Waals surface area (Å²) in [6, 6.07) is 9.89. The van der Waals surface area contributed by atoms with Crippen molar-refractivity contribution in [2.45, 2.75) is 0 Å². The van der Waals surface area contributed by atoms with E-state index in [0.717, 1.165) is 0 Å². The highest BCUT2D eigenvalue weighted by Crippen LogP contribution is 2.25. The molecule has 0 unspecified atom stereocenters. The standard InChI is InChI=1S/C14H11ClFNO2/c1-17(11-4-2-3-10(16)8-11)14(19)9-5-6-13(18)12(15)7-9/h2-8,18H,1H3. The van der Waals surface area contributed by atoms with Crippen LogP contribution < -0.4 is 4.90 Å². The molecule has 19 heavy (non-hydrogen) atoms. The van der Waals surface area contributed by atoms with Crippen molar-refractivity contribution in [3.05, 3.63) is 58.9 Å². The summed E-state index contributed by atoms with van der Waals surface area (Å²) in [5.41, 5.74) is 0.753. The number of anilines is 1. The van der Waals surface area contributed by atoms with Gasteiger partial charge in [-0.1, -0.05) is 17.7 Å². The van der Waals surface area contributed by atoms with E-state index in [-0.39, 0.29) is 16.7 Å². The number of hydrogen-bond donors (Lipinski definition) is 1. The highest BCUT2D eigenvalue weighted by atomic mass is 35.5. The van der Waals surface area contributed by atoms with Crippen molar-refractivity contribution < 1.29 is 14.3 Å². The summed E-state index contributed by atoms with van der Waals surface area (Å²) in [5, 5.41) is 9.41. The van der Waals surface area contributed by atoms with Gasteiger partial charge in [-0.15, -0.1) is 0 Å². The quantitative estimate of drug-likeness (QED) is 0.914. The first kappa shape index (κ1) is 13.4. The van der Waals surface area contributed by atoms with Crippen LogP contribution in [0.1, 0.15) is 10.4 Å². The molecule has 0 aliphatic heterocycles. The Kier molecular flexibility index (Phi) is 3.71. The zero-order chi connectivity index (χ0) is 14.0. The van der Waals surface area contributed by atoms with E-state index >= 15 is 0 Å². The first-order valence-electron chi connectivity index (χ1n) is 5.51. The zero-order valence-corrected chi connectivity index (χ0v) is 10.9. The van der Waals surface area contributed by atoms with Crippen LogP contribution in [0.5, 0.6) is 5.75 Å². The molecule has 0 spiro atoms. The Morgan fingerprint density at radius 2 is 2.00 bits per heavy atom. The number of carbonyl (C=O) groups is 1. The van der Waals surface area contributed by atoms with Crippen LogP contribution >= 0.6 is 11.6 Å². The van der Waals surface area contributed by atoms with Crippen molar-refractivity contribution in [2.24, 2.45) is 0 Å². The van der Waals surface area contributed by atoms with E-state index < -0.39 is 5.82 Å². The molecule has 0 radical (unpaired) electrons. The Labute approximate surface area is 114 Å². The minimum absolute atomic E-state index is 0.0911. The Balaban J connectivity index is 2.30. The second-order valence-electron chi connectivity index (χ2n) is 4.01. The molecule has 0 saturated heterocycles. The molecule has 0 bridgehead atoms. The fourth-order valence-corrected chi connectivity index (χ4v) is 1.82. The molecule has 0 heterocycles. The molecule has 0 atom stereocenters. The van der Waals surface area contributed by atoms with Crippen molar-refractivity contribution in [2.75, 3.05) is 11.9 Å². The van der Waals surface area contributed by atoms with E-state index in [1.165, 1.54) is 48.3 Å². The predicted molar refractivity (Wildman–Crippen MR) is 72.3 cm³/mol. The number of nitrogens with zero attached hydrogens (tertiary/aromatic N) is 1. The normalized spacial score (nSPS) is 10.3. The molecule has 98 valence electrons. The van der Waals surface area contributed by atoms with Crippen LogP contribution in [-0.2, 0) is 0 Å². The smallest absolute Gasteiger partial charge is 0.258 e. The number of rotatable bonds is 2. The molecule has 0 saturated carbocycles. The van der Waals surface area contributed by atoms with Crippen LogP contribution in [0.2, 0.25) is 5.02 Å². The van der Waals surface area contributed by atoms with Crippen molar-refractivity contribution in [1.29, 1.82) is 0 Å². The first-order valence-corrected chi connectivity index (χ1v) is 5.89. The van der Waals surface area contributed by atoms with Gasteiger partial charge in [0, 0.05) is 18.3 Å². The maximum atomic E-state index is 13.1. The second-order valence-corrected chi connectivity index (χ2v) is 4.42. The highest BCUT2D eigenvalue weighted by molar-refractivity contribution is 6.32. The van der Waals surface area contributed by atoms with Crippen molar-refractivity contribution >= 4 is 23.2 Å². The molecule has 5 heteroatoms. The van der Waals surface area contributed by atoms with E-state index in [0.29, 0.717) is 11.3 Å². The van der Waals surface area contributed by atoms with Crippen molar-refractivity contribution in [3.8, 4) is 5.75 Å². The summed E-state index contributed by atoms with van der Waals surface area (Å²) in [4.78, 5) is 13.5. The van der Waals surface area contributed by atoms with Crippen LogP contribution in [0.25, 0.3) is 0 Å². The van der Waals surface area contributed by atoms with Gasteiger partial charge in [0.1, 0.15) is 11.6 Å². The van der Waals surface area contributed by atoms with Crippen LogP contribution in [0.4, 0.5) is 10.1 Å². The van der Waals surface area contributed by atoms with E-state index in [4.69, 9.17) is 11.6 Å². The van der Waals surface area contributed by atoms with Gasteiger partial charge in [0.2, 0.25) is 0 Å². The van der Waals surface area contributed by atoms with Crippen LogP contribution in [0.3, 0.4) is 0 Å². The van der Waals surface area contributed by atoms with Crippen LogP contribution in [0.15, 0.2) is 42.5 Å². The van der Waals surface area contributed by atoms with Crippen LogP contribution in [-0.4, -0.2) is 18.1 Å². The number of phenolic OH excluding ortho intramolecular Hbond substituents is 1. The number of hydrogen-bond acceptors (Lipinski definition) is 2. The van der Waals surface area contributed by atoms with Gasteiger partial charge in [0.15, 0.2) is 0 Å². The Bertz CT molecular complexity index is 631. The Morgan fingerprint density at radius 3 is 2.63 bits per heavy atom. The lowest BCUT2D eigenvalue weighted by molar-refractivity contribution is 0.0993. The zero-order valence-electron chi connectivity index (χ0n) is 10.1. The molecule has 1 N–H and O–H groups in total. The summed E-state index contributed by atoms with van der Waals surface area (Å²) in [7, 11) is 1.54. The second kappa shape index (κ2) is 5.28. The first-order chi connectivity index (χ1) is 8.99. The lowest BCUT2D eigenvalue weighted by Crippen LogP contribution is -2.26. The average molecular weight is 280 g/mol. The average Bonchev–Trinajstić information content (AvgIpc) is 2.40. The molecular formula is C14H11ClFNO2. The maximum absolute atomic E-state index is 13.1. The van der Waals surface area contributed by atoms with E-state index in [1.807, 2.05) is 0 Å². The fourth-order valence-electron chi connectivity index (χ4n) is 1.64. The number of phenols is 1. The largest absolute Gasteiger partial charge is 0.506 e. The summed E-state index contributed by atoms with van der Waals surface area (Å²) in [6.45, 7) is 0. The monoisotopic (exact) mass is 279 g/mol. The van der Waals surface area contributed by atoms with E-state index in [2.05, 4.69) is 0 Å². The Hall–Kier alpha value is -2.07. The molecule has 2 rings (SSSR count). The van der Waals surface area contributed by atoms with Gasteiger partial charge in [-0.3, -0.25) is 4.79 Å². The van der Waals surface area contributed by atoms with Gasteiger partial charge in [-0.05, 0) is 36.4 Å². The third kappa shape index (κ3) is 2.85. The SMILES string of the molecule is CN(C(=O)c1ccc(O)c(Cl)c1)c1cccc(F)c1. The molecule has 1 amide bonds.